The largest absolute Gasteiger partial charge is 0.479 e. The molecule has 0 aliphatic heterocycles. The van der Waals surface area contributed by atoms with Crippen LogP contribution in [0.2, 0.25) is 0 Å². The van der Waals surface area contributed by atoms with Crippen molar-refractivity contribution < 1.29 is 45.1 Å². The number of carboxylic acid groups (broad SMARTS) is 2. The van der Waals surface area contributed by atoms with Gasteiger partial charge in [-0.3, -0.25) is 9.59 Å². The highest BCUT2D eigenvalue weighted by molar-refractivity contribution is 6.20. The second-order valence-electron chi connectivity index (χ2n) is 3.14. The van der Waals surface area contributed by atoms with E-state index in [1.165, 1.54) is 0 Å². The van der Waals surface area contributed by atoms with Crippen molar-refractivity contribution in [3.63, 3.8) is 0 Å². The smallest absolute Gasteiger partial charge is 0.347 e. The lowest BCUT2D eigenvalue weighted by Crippen LogP contribution is -2.70. The molecule has 0 spiro atoms. The minimum Gasteiger partial charge on any atom is -0.479 e. The van der Waals surface area contributed by atoms with Gasteiger partial charge in [0.1, 0.15) is 0 Å². The van der Waals surface area contributed by atoms with E-state index in [1.54, 1.807) is 0 Å². The van der Waals surface area contributed by atoms with Crippen molar-refractivity contribution >= 4 is 23.5 Å². The fraction of sp³-hybridized carbons (Fsp3) is 0.500. The maximum Gasteiger partial charge on any atom is 0.347 e. The molecule has 0 heterocycles. The molecule has 0 bridgehead atoms. The summed E-state index contributed by atoms with van der Waals surface area (Å²) in [6.45, 7) is 1.09. The van der Waals surface area contributed by atoms with Gasteiger partial charge >= 0.3 is 11.9 Å². The quantitative estimate of drug-likeness (QED) is 0.372. The van der Waals surface area contributed by atoms with Crippen molar-refractivity contribution in [1.82, 2.24) is 0 Å². The molecule has 0 radical (unpaired) electrons. The zero-order valence-corrected chi connectivity index (χ0v) is 8.92. The van der Waals surface area contributed by atoms with Crippen molar-refractivity contribution in [3.05, 3.63) is 0 Å². The van der Waals surface area contributed by atoms with Crippen LogP contribution in [0.5, 0.6) is 0 Å². The topological polar surface area (TPSA) is 181 Å². The summed E-state index contributed by atoms with van der Waals surface area (Å²) in [5.74, 6) is -7.78. The lowest BCUT2D eigenvalue weighted by atomic mass is 9.77. The number of rotatable bonds is 5. The van der Waals surface area contributed by atoms with E-state index in [0.717, 1.165) is 0 Å². The first-order chi connectivity index (χ1) is 7.02. The number of hydrogen-bond acceptors (Lipinski definition) is 6. The minimum atomic E-state index is -3.72. The second kappa shape index (κ2) is 4.99. The summed E-state index contributed by atoms with van der Waals surface area (Å²) in [7, 11) is 0. The van der Waals surface area contributed by atoms with Gasteiger partial charge in [0.2, 0.25) is 0 Å². The number of carbonyl (C=O) groups is 4. The van der Waals surface area contributed by atoms with Crippen LogP contribution < -0.4 is 0 Å². The molecule has 0 fully saturated rings. The van der Waals surface area contributed by atoms with Crippen LogP contribution >= 0.6 is 0 Å². The number of carbonyl (C=O) groups excluding carboxylic acids is 2. The molecule has 9 nitrogen and oxygen atoms in total. The molecule has 0 aromatic carbocycles. The Morgan fingerprint density at radius 2 is 0.941 bits per heavy atom. The van der Waals surface area contributed by atoms with Crippen molar-refractivity contribution in [2.45, 2.75) is 25.0 Å². The van der Waals surface area contributed by atoms with E-state index in [1.807, 2.05) is 0 Å². The molecule has 0 aliphatic carbocycles. The van der Waals surface area contributed by atoms with Crippen molar-refractivity contribution in [2.75, 3.05) is 0 Å². The van der Waals surface area contributed by atoms with Gasteiger partial charge in [0.15, 0.2) is 11.6 Å². The van der Waals surface area contributed by atoms with Crippen molar-refractivity contribution in [2.24, 2.45) is 0 Å². The predicted octanol–water partition coefficient (Wildman–Crippen LogP) is -3.03. The van der Waals surface area contributed by atoms with Crippen molar-refractivity contribution in [1.29, 1.82) is 0 Å². The summed E-state index contributed by atoms with van der Waals surface area (Å²) in [6.07, 6.45) is 0. The Balaban J connectivity index is 0. The normalized spacial score (nSPS) is 16.9. The summed E-state index contributed by atoms with van der Waals surface area (Å²) in [5, 5.41) is 36.0. The number of aliphatic carboxylic acids is 2. The Bertz CT molecular complexity index is 305. The van der Waals surface area contributed by atoms with Crippen LogP contribution in [-0.2, 0) is 19.2 Å². The zero-order valence-electron chi connectivity index (χ0n) is 8.92. The third-order valence-electron chi connectivity index (χ3n) is 2.16. The van der Waals surface area contributed by atoms with Gasteiger partial charge in [-0.15, -0.1) is 0 Å². The third kappa shape index (κ3) is 2.16. The highest BCUT2D eigenvalue weighted by atomic mass is 16.5. The third-order valence-corrected chi connectivity index (χ3v) is 2.16. The highest BCUT2D eigenvalue weighted by Gasteiger charge is 2.67. The molecule has 2 atom stereocenters. The Labute approximate surface area is 94.6 Å². The molecular formula is C8H12O9. The molecule has 0 aromatic heterocycles. The van der Waals surface area contributed by atoms with Crippen LogP contribution in [-0.4, -0.2) is 60.6 Å². The lowest BCUT2D eigenvalue weighted by molar-refractivity contribution is -0.206. The molecule has 0 aromatic rings. The maximum atomic E-state index is 11.0. The van der Waals surface area contributed by atoms with Gasteiger partial charge in [0, 0.05) is 0 Å². The van der Waals surface area contributed by atoms with E-state index in [-0.39, 0.29) is 5.48 Å². The molecule has 0 saturated heterocycles. The fourth-order valence-corrected chi connectivity index (χ4v) is 1.12. The van der Waals surface area contributed by atoms with Crippen LogP contribution in [0.25, 0.3) is 0 Å². The van der Waals surface area contributed by atoms with Crippen molar-refractivity contribution in [3.8, 4) is 0 Å². The Morgan fingerprint density at radius 1 is 0.765 bits per heavy atom. The maximum absolute atomic E-state index is 11.0. The zero-order chi connectivity index (χ0) is 13.3. The lowest BCUT2D eigenvalue weighted by Gasteiger charge is -2.32. The standard InChI is InChI=1S/C8H10O8.H2O/c1-3(9)7(15,5(11)12)8(16,4(2)10)6(13)14;/h15-16H,1-2H3,(H,11,12)(H,13,14);1H2/t7-,8-;/m1./s1. The van der Waals surface area contributed by atoms with Crippen LogP contribution in [0.1, 0.15) is 13.8 Å². The molecule has 0 unspecified atom stereocenters. The molecule has 98 valence electrons. The number of ketones is 2. The van der Waals surface area contributed by atoms with E-state index >= 15 is 0 Å². The number of hydrogen-bond donors (Lipinski definition) is 4. The first kappa shape index (κ1) is 17.6. The summed E-state index contributed by atoms with van der Waals surface area (Å²) in [5.41, 5.74) is -7.44. The van der Waals surface area contributed by atoms with Gasteiger partial charge in [0.05, 0.1) is 0 Å². The summed E-state index contributed by atoms with van der Waals surface area (Å²) < 4.78 is 0. The fourth-order valence-electron chi connectivity index (χ4n) is 1.12. The van der Waals surface area contributed by atoms with Crippen LogP contribution in [0, 0.1) is 0 Å². The van der Waals surface area contributed by atoms with Gasteiger partial charge in [-0.1, -0.05) is 0 Å². The molecule has 17 heavy (non-hydrogen) atoms. The highest BCUT2D eigenvalue weighted by Crippen LogP contribution is 2.26. The SMILES string of the molecule is CC(=O)[C@@](O)(C(=O)O)[C@@](O)(C(C)=O)C(=O)O.O. The van der Waals surface area contributed by atoms with E-state index < -0.39 is 34.7 Å². The monoisotopic (exact) mass is 252 g/mol. The summed E-state index contributed by atoms with van der Waals surface area (Å²) >= 11 is 0. The van der Waals surface area contributed by atoms with Gasteiger partial charge < -0.3 is 25.9 Å². The number of aliphatic hydroxyl groups is 2. The molecule has 0 saturated carbocycles. The Hall–Kier alpha value is -1.84. The summed E-state index contributed by atoms with van der Waals surface area (Å²) in [4.78, 5) is 43.3. The van der Waals surface area contributed by atoms with Crippen LogP contribution in [0.4, 0.5) is 0 Å². The van der Waals surface area contributed by atoms with Gasteiger partial charge in [-0.2, -0.15) is 0 Å². The van der Waals surface area contributed by atoms with E-state index in [9.17, 15) is 29.4 Å². The Kier molecular flexibility index (Phi) is 5.16. The molecule has 0 amide bonds. The number of Topliss-reactive ketones (excluding diaryl/α,β-unsaturated/α-hetero) is 2. The predicted molar refractivity (Wildman–Crippen MR) is 50.1 cm³/mol. The molecular weight excluding hydrogens is 240 g/mol. The van der Waals surface area contributed by atoms with Crippen LogP contribution in [0.3, 0.4) is 0 Å². The second-order valence-corrected chi connectivity index (χ2v) is 3.14. The summed E-state index contributed by atoms with van der Waals surface area (Å²) in [6, 6.07) is 0. The van der Waals surface area contributed by atoms with Crippen LogP contribution in [0.15, 0.2) is 0 Å². The van der Waals surface area contributed by atoms with E-state index in [2.05, 4.69) is 0 Å². The van der Waals surface area contributed by atoms with E-state index in [4.69, 9.17) is 10.2 Å². The Morgan fingerprint density at radius 3 is 1.00 bits per heavy atom. The minimum absolute atomic E-state index is 0. The van der Waals surface area contributed by atoms with Gasteiger partial charge in [0.25, 0.3) is 11.2 Å². The average Bonchev–Trinajstić information content (AvgIpc) is 2.13. The molecule has 6 N–H and O–H groups in total. The molecule has 9 heteroatoms. The first-order valence-corrected chi connectivity index (χ1v) is 3.96. The average molecular weight is 252 g/mol. The molecule has 0 aliphatic rings. The molecule has 0 rings (SSSR count). The first-order valence-electron chi connectivity index (χ1n) is 3.96. The van der Waals surface area contributed by atoms with Gasteiger partial charge in [-0.05, 0) is 13.8 Å². The van der Waals surface area contributed by atoms with E-state index in [0.29, 0.717) is 13.8 Å². The number of carboxylic acids is 2. The van der Waals surface area contributed by atoms with Gasteiger partial charge in [-0.25, -0.2) is 9.59 Å².